The van der Waals surface area contributed by atoms with E-state index in [4.69, 9.17) is 4.74 Å². The van der Waals surface area contributed by atoms with Crippen LogP contribution in [0.5, 0.6) is 11.5 Å². The maximum absolute atomic E-state index is 14.5. The average Bonchev–Trinajstić information content (AvgIpc) is 3.71. The molecule has 7 nitrogen and oxygen atoms in total. The van der Waals surface area contributed by atoms with Crippen LogP contribution in [0.4, 0.5) is 0 Å². The Hall–Kier alpha value is -3.94. The maximum Gasteiger partial charge on any atom is 0.262 e. The summed E-state index contributed by atoms with van der Waals surface area (Å²) in [5.41, 5.74) is 2.29. The van der Waals surface area contributed by atoms with Crippen LogP contribution in [0.2, 0.25) is 0 Å². The zero-order valence-corrected chi connectivity index (χ0v) is 23.9. The first-order valence-corrected chi connectivity index (χ1v) is 15.6. The van der Waals surface area contributed by atoms with E-state index in [2.05, 4.69) is 4.90 Å². The lowest BCUT2D eigenvalue weighted by Crippen LogP contribution is -2.78. The quantitative estimate of drug-likeness (QED) is 0.442. The lowest BCUT2D eigenvalue weighted by molar-refractivity contribution is -0.201. The molecule has 9 rings (SSSR count). The number of piperidine rings is 1. The number of ether oxygens (including phenoxy) is 1. The summed E-state index contributed by atoms with van der Waals surface area (Å²) in [5.74, 6) is 0.504. The molecular formula is C36H34N2O5. The Morgan fingerprint density at radius 2 is 1.49 bits per heavy atom. The van der Waals surface area contributed by atoms with Crippen molar-refractivity contribution in [1.82, 2.24) is 9.80 Å². The van der Waals surface area contributed by atoms with E-state index in [0.717, 1.165) is 24.2 Å². The van der Waals surface area contributed by atoms with Crippen molar-refractivity contribution < 1.29 is 24.5 Å². The predicted octanol–water partition coefficient (Wildman–Crippen LogP) is 4.30. The Balaban J connectivity index is 1.18. The van der Waals surface area contributed by atoms with Crippen LogP contribution in [0, 0.1) is 5.92 Å². The number of carbonyl (C=O) groups is 2. The highest BCUT2D eigenvalue weighted by atomic mass is 16.5. The minimum absolute atomic E-state index is 0.0506. The molecule has 3 aliphatic heterocycles. The molecule has 0 aromatic heterocycles. The molecular weight excluding hydrogens is 540 g/mol. The summed E-state index contributed by atoms with van der Waals surface area (Å²) >= 11 is 0. The molecule has 1 spiro atoms. The number of imide groups is 1. The maximum atomic E-state index is 14.5. The van der Waals surface area contributed by atoms with Gasteiger partial charge in [0.25, 0.3) is 11.8 Å². The summed E-state index contributed by atoms with van der Waals surface area (Å²) in [6.07, 6.45) is 4.08. The van der Waals surface area contributed by atoms with Crippen molar-refractivity contribution in [3.05, 3.63) is 95.1 Å². The number of benzene rings is 3. The lowest BCUT2D eigenvalue weighted by atomic mass is 9.48. The van der Waals surface area contributed by atoms with Crippen LogP contribution in [-0.2, 0) is 21.4 Å². The second-order valence-electron chi connectivity index (χ2n) is 13.4. The molecule has 2 bridgehead atoms. The molecule has 6 aliphatic rings. The SMILES string of the molecule is O=C1C(c2ccccc2)=C(c2ccccc2)C(=O)N1[C@@H]1CC[C@@]2(O)[C@H]3Cc4ccc(O)c5c4[C@@]2(CCN3CC2CC2)[C@H]1O5. The zero-order valence-electron chi connectivity index (χ0n) is 23.9. The number of aromatic hydroxyl groups is 1. The molecule has 0 radical (unpaired) electrons. The fourth-order valence-electron chi connectivity index (χ4n) is 9.31. The van der Waals surface area contributed by atoms with Crippen molar-refractivity contribution in [2.24, 2.45) is 5.92 Å². The molecule has 43 heavy (non-hydrogen) atoms. The molecule has 1 saturated heterocycles. The minimum Gasteiger partial charge on any atom is -0.504 e. The number of nitrogens with zero attached hydrogens (tertiary/aromatic N) is 2. The van der Waals surface area contributed by atoms with E-state index in [1.807, 2.05) is 66.7 Å². The number of rotatable bonds is 5. The summed E-state index contributed by atoms with van der Waals surface area (Å²) in [5, 5.41) is 23.9. The summed E-state index contributed by atoms with van der Waals surface area (Å²) < 4.78 is 6.71. The first-order valence-electron chi connectivity index (χ1n) is 15.6. The number of phenolic OH excluding ortho intramolecular Hbond substituents is 1. The summed E-state index contributed by atoms with van der Waals surface area (Å²) in [6, 6.07) is 21.8. The van der Waals surface area contributed by atoms with Crippen molar-refractivity contribution in [2.75, 3.05) is 13.1 Å². The number of amides is 2. The fraction of sp³-hybridized carbons (Fsp3) is 0.389. The van der Waals surface area contributed by atoms with Gasteiger partial charge in [-0.3, -0.25) is 19.4 Å². The topological polar surface area (TPSA) is 90.3 Å². The highest BCUT2D eigenvalue weighted by molar-refractivity contribution is 6.49. The summed E-state index contributed by atoms with van der Waals surface area (Å²) in [4.78, 5) is 32.9. The second kappa shape index (κ2) is 8.80. The highest BCUT2D eigenvalue weighted by Gasteiger charge is 2.74. The molecule has 2 N–H and O–H groups in total. The molecule has 3 aliphatic carbocycles. The van der Waals surface area contributed by atoms with E-state index in [0.29, 0.717) is 59.6 Å². The summed E-state index contributed by atoms with van der Waals surface area (Å²) in [6.45, 7) is 1.81. The predicted molar refractivity (Wildman–Crippen MR) is 160 cm³/mol. The Kier molecular flexibility index (Phi) is 5.23. The van der Waals surface area contributed by atoms with Gasteiger partial charge in [-0.15, -0.1) is 0 Å². The molecule has 7 heteroatoms. The molecule has 2 amide bonds. The zero-order chi connectivity index (χ0) is 29.1. The molecule has 3 heterocycles. The van der Waals surface area contributed by atoms with Gasteiger partial charge in [0.05, 0.1) is 28.2 Å². The molecule has 3 fully saturated rings. The second-order valence-corrected chi connectivity index (χ2v) is 13.4. The van der Waals surface area contributed by atoms with E-state index >= 15 is 0 Å². The van der Waals surface area contributed by atoms with Crippen LogP contribution in [0.3, 0.4) is 0 Å². The van der Waals surface area contributed by atoms with Gasteiger partial charge < -0.3 is 14.9 Å². The molecule has 5 atom stereocenters. The van der Waals surface area contributed by atoms with Crippen LogP contribution < -0.4 is 4.74 Å². The third-order valence-corrected chi connectivity index (χ3v) is 11.3. The highest BCUT2D eigenvalue weighted by Crippen LogP contribution is 2.66. The van der Waals surface area contributed by atoms with Crippen LogP contribution >= 0.6 is 0 Å². The van der Waals surface area contributed by atoms with Crippen molar-refractivity contribution in [1.29, 1.82) is 0 Å². The Morgan fingerprint density at radius 3 is 2.12 bits per heavy atom. The Morgan fingerprint density at radius 1 is 0.837 bits per heavy atom. The van der Waals surface area contributed by atoms with Gasteiger partial charge >= 0.3 is 0 Å². The van der Waals surface area contributed by atoms with Crippen molar-refractivity contribution in [3.8, 4) is 11.5 Å². The number of hydrogen-bond acceptors (Lipinski definition) is 6. The number of likely N-dealkylation sites (tertiary alicyclic amines) is 1. The van der Waals surface area contributed by atoms with E-state index in [9.17, 15) is 19.8 Å². The van der Waals surface area contributed by atoms with Gasteiger partial charge in [-0.25, -0.2) is 0 Å². The third kappa shape index (κ3) is 3.27. The van der Waals surface area contributed by atoms with Crippen molar-refractivity contribution in [3.63, 3.8) is 0 Å². The van der Waals surface area contributed by atoms with Gasteiger partial charge in [-0.2, -0.15) is 0 Å². The monoisotopic (exact) mass is 574 g/mol. The van der Waals surface area contributed by atoms with E-state index in [1.54, 1.807) is 6.07 Å². The third-order valence-electron chi connectivity index (χ3n) is 11.3. The molecule has 2 saturated carbocycles. The van der Waals surface area contributed by atoms with Gasteiger partial charge in [-0.1, -0.05) is 66.7 Å². The molecule has 0 unspecified atom stereocenters. The standard InChI is InChI=1S/C36H34N2O5/c39-26-14-13-24-19-27-36(42)16-15-25(32-35(36,30(24)31(26)43-32)17-18-37(27)20-21-11-12-21)38-33(40)28(22-7-3-1-4-8-22)29(34(38)41)23-9-5-2-6-10-23/h1-10,13-14,21,25,27,32,39,42H,11-12,15-20H2/t25-,27-,32+,35+,36-/m1/s1. The molecule has 3 aromatic rings. The van der Waals surface area contributed by atoms with Gasteiger partial charge in [-0.05, 0) is 73.7 Å². The number of aliphatic hydroxyl groups is 1. The number of hydrogen-bond donors (Lipinski definition) is 2. The summed E-state index contributed by atoms with van der Waals surface area (Å²) in [7, 11) is 0. The smallest absolute Gasteiger partial charge is 0.262 e. The first-order chi connectivity index (χ1) is 20.9. The van der Waals surface area contributed by atoms with Crippen molar-refractivity contribution in [2.45, 2.75) is 67.7 Å². The Labute approximate surface area is 250 Å². The van der Waals surface area contributed by atoms with Crippen LogP contribution in [0.1, 0.15) is 54.4 Å². The first kappa shape index (κ1) is 25.5. The number of carbonyl (C=O) groups excluding carboxylic acids is 2. The molecule has 218 valence electrons. The lowest BCUT2D eigenvalue weighted by Gasteiger charge is -2.64. The van der Waals surface area contributed by atoms with Crippen LogP contribution in [0.15, 0.2) is 72.8 Å². The van der Waals surface area contributed by atoms with Gasteiger partial charge in [0.2, 0.25) is 0 Å². The van der Waals surface area contributed by atoms with Gasteiger partial charge in [0.1, 0.15) is 6.10 Å². The van der Waals surface area contributed by atoms with Gasteiger partial charge in [0.15, 0.2) is 11.5 Å². The normalized spacial score (nSPS) is 32.7. The largest absolute Gasteiger partial charge is 0.504 e. The minimum atomic E-state index is -1.09. The number of phenols is 1. The fourth-order valence-corrected chi connectivity index (χ4v) is 9.31. The average molecular weight is 575 g/mol. The van der Waals surface area contributed by atoms with Gasteiger partial charge in [0, 0.05) is 18.2 Å². The molecule has 3 aromatic carbocycles. The van der Waals surface area contributed by atoms with Crippen LogP contribution in [0.25, 0.3) is 11.1 Å². The van der Waals surface area contributed by atoms with Crippen LogP contribution in [-0.4, -0.2) is 68.7 Å². The Bertz CT molecular complexity index is 1650. The van der Waals surface area contributed by atoms with E-state index in [1.165, 1.54) is 17.7 Å². The van der Waals surface area contributed by atoms with Crippen molar-refractivity contribution >= 4 is 23.0 Å². The van der Waals surface area contributed by atoms with E-state index < -0.39 is 23.2 Å². The van der Waals surface area contributed by atoms with E-state index in [-0.39, 0.29) is 23.6 Å².